The lowest BCUT2D eigenvalue weighted by molar-refractivity contribution is -0.129. The molecule has 4 heterocycles. The maximum Gasteiger partial charge on any atom is 0.280 e. The number of hydrogen-bond acceptors (Lipinski definition) is 6. The third-order valence-corrected chi connectivity index (χ3v) is 7.01. The van der Waals surface area contributed by atoms with Crippen molar-refractivity contribution in [3.8, 4) is 17.0 Å². The first-order valence-corrected chi connectivity index (χ1v) is 12.3. The van der Waals surface area contributed by atoms with Gasteiger partial charge in [-0.15, -0.1) is 0 Å². The van der Waals surface area contributed by atoms with E-state index in [1.165, 1.54) is 50.9 Å². The van der Waals surface area contributed by atoms with Gasteiger partial charge in [-0.2, -0.15) is 5.10 Å². The molecule has 0 atom stereocenters. The summed E-state index contributed by atoms with van der Waals surface area (Å²) >= 11 is 5.93. The SMILES string of the molecule is CN(C)C(=O)Cn1cc(-c2nn(Cc3ccc(F)c(Cl)c3)c(=O)c3c(O)c4n(c23)CCN(C)C4=O)ccc1=O. The fourth-order valence-electron chi connectivity index (χ4n) is 4.56. The molecule has 0 saturated carbocycles. The van der Waals surface area contributed by atoms with Crippen molar-refractivity contribution < 1.29 is 19.1 Å². The number of benzene rings is 1. The minimum Gasteiger partial charge on any atom is -0.505 e. The predicted octanol–water partition coefficient (Wildman–Crippen LogP) is 1.75. The Morgan fingerprint density at radius 2 is 1.90 bits per heavy atom. The van der Waals surface area contributed by atoms with Crippen LogP contribution in [0.3, 0.4) is 0 Å². The molecule has 0 fully saturated rings. The topological polar surface area (TPSA) is 123 Å². The third-order valence-electron chi connectivity index (χ3n) is 6.72. The molecule has 39 heavy (non-hydrogen) atoms. The number of fused-ring (bicyclic) bond motifs is 3. The summed E-state index contributed by atoms with van der Waals surface area (Å²) in [5.74, 6) is -1.86. The molecule has 202 valence electrons. The van der Waals surface area contributed by atoms with Gasteiger partial charge in [0.1, 0.15) is 23.4 Å². The van der Waals surface area contributed by atoms with E-state index in [4.69, 9.17) is 11.6 Å². The summed E-state index contributed by atoms with van der Waals surface area (Å²) in [4.78, 5) is 54.3. The number of carbonyl (C=O) groups is 2. The van der Waals surface area contributed by atoms with Gasteiger partial charge in [0.25, 0.3) is 17.0 Å². The van der Waals surface area contributed by atoms with Gasteiger partial charge >= 0.3 is 0 Å². The van der Waals surface area contributed by atoms with Gasteiger partial charge in [-0.1, -0.05) is 17.7 Å². The largest absolute Gasteiger partial charge is 0.505 e. The van der Waals surface area contributed by atoms with E-state index in [1.807, 2.05) is 0 Å². The molecular weight excluding hydrogens is 531 g/mol. The summed E-state index contributed by atoms with van der Waals surface area (Å²) in [5.41, 5.74) is 0.161. The number of rotatable bonds is 5. The zero-order valence-corrected chi connectivity index (χ0v) is 22.1. The standard InChI is InChI=1S/C26H24ClFN6O5/c1-30(2)19(36)13-32-12-15(5-7-18(32)35)21-22-20(24(37)23-26(39)31(3)8-9-33(22)23)25(38)34(29-21)11-14-4-6-17(28)16(27)10-14/h4-7,10,12,37H,8-9,11,13H2,1-3H3. The van der Waals surface area contributed by atoms with Crippen molar-refractivity contribution in [2.75, 3.05) is 27.7 Å². The molecule has 0 bridgehead atoms. The Kier molecular flexibility index (Phi) is 6.51. The number of hydrogen-bond donors (Lipinski definition) is 1. The minimum absolute atomic E-state index is 0.0439. The van der Waals surface area contributed by atoms with E-state index < -0.39 is 28.6 Å². The third kappa shape index (κ3) is 4.46. The Morgan fingerprint density at radius 1 is 1.15 bits per heavy atom. The number of halogens is 2. The van der Waals surface area contributed by atoms with Crippen molar-refractivity contribution in [2.45, 2.75) is 19.6 Å². The van der Waals surface area contributed by atoms with Crippen LogP contribution in [0.5, 0.6) is 5.75 Å². The lowest BCUT2D eigenvalue weighted by atomic mass is 10.1. The Bertz CT molecular complexity index is 1790. The van der Waals surface area contributed by atoms with Crippen LogP contribution in [0.2, 0.25) is 5.02 Å². The van der Waals surface area contributed by atoms with Gasteiger partial charge in [0.15, 0.2) is 11.4 Å². The quantitative estimate of drug-likeness (QED) is 0.401. The van der Waals surface area contributed by atoms with Gasteiger partial charge in [0.05, 0.1) is 17.1 Å². The van der Waals surface area contributed by atoms with E-state index in [0.717, 1.165) is 4.68 Å². The zero-order chi connectivity index (χ0) is 28.2. The zero-order valence-electron chi connectivity index (χ0n) is 21.3. The average Bonchev–Trinajstić information content (AvgIpc) is 3.19. The number of pyridine rings is 1. The summed E-state index contributed by atoms with van der Waals surface area (Å²) in [5, 5.41) is 15.5. The number of likely N-dealkylation sites (N-methyl/N-ethyl adjacent to an activating group) is 2. The van der Waals surface area contributed by atoms with Crippen LogP contribution in [0.15, 0.2) is 46.1 Å². The second-order valence-corrected chi connectivity index (χ2v) is 9.94. The summed E-state index contributed by atoms with van der Waals surface area (Å²) in [7, 11) is 4.74. The fraction of sp³-hybridized carbons (Fsp3) is 0.269. The van der Waals surface area contributed by atoms with Crippen LogP contribution in [-0.4, -0.2) is 73.3 Å². The second kappa shape index (κ2) is 9.70. The van der Waals surface area contributed by atoms with Gasteiger partial charge in [0.2, 0.25) is 5.91 Å². The molecule has 11 nitrogen and oxygen atoms in total. The van der Waals surface area contributed by atoms with Crippen molar-refractivity contribution in [1.82, 2.24) is 28.7 Å². The number of aromatic nitrogens is 4. The molecule has 13 heteroatoms. The average molecular weight is 555 g/mol. The van der Waals surface area contributed by atoms with Crippen molar-refractivity contribution >= 4 is 34.3 Å². The molecule has 0 unspecified atom stereocenters. The molecule has 0 spiro atoms. The molecule has 1 aliphatic rings. The van der Waals surface area contributed by atoms with Gasteiger partial charge in [0, 0.05) is 52.1 Å². The Morgan fingerprint density at radius 3 is 2.59 bits per heavy atom. The fourth-order valence-corrected chi connectivity index (χ4v) is 4.77. The lowest BCUT2D eigenvalue weighted by Crippen LogP contribution is -2.37. The van der Waals surface area contributed by atoms with E-state index >= 15 is 0 Å². The molecule has 3 aromatic heterocycles. The number of carbonyl (C=O) groups excluding carboxylic acids is 2. The van der Waals surface area contributed by atoms with E-state index in [1.54, 1.807) is 25.7 Å². The van der Waals surface area contributed by atoms with E-state index in [9.17, 15) is 28.7 Å². The highest BCUT2D eigenvalue weighted by atomic mass is 35.5. The van der Waals surface area contributed by atoms with Crippen LogP contribution in [0, 0.1) is 5.82 Å². The summed E-state index contributed by atoms with van der Waals surface area (Å²) in [6.45, 7) is 0.285. The molecule has 1 N–H and O–H groups in total. The lowest BCUT2D eigenvalue weighted by Gasteiger charge is -2.25. The van der Waals surface area contributed by atoms with Crippen molar-refractivity contribution in [1.29, 1.82) is 0 Å². The number of nitrogens with zero attached hydrogens (tertiary/aromatic N) is 6. The van der Waals surface area contributed by atoms with Crippen LogP contribution in [0.1, 0.15) is 16.1 Å². The van der Waals surface area contributed by atoms with E-state index in [-0.39, 0.29) is 46.3 Å². The molecule has 2 amide bonds. The van der Waals surface area contributed by atoms with Gasteiger partial charge in [-0.25, -0.2) is 9.07 Å². The second-order valence-electron chi connectivity index (χ2n) is 9.53. The Balaban J connectivity index is 1.78. The summed E-state index contributed by atoms with van der Waals surface area (Å²) in [6.07, 6.45) is 1.45. The molecular formula is C26H24ClFN6O5. The molecule has 1 aliphatic heterocycles. The van der Waals surface area contributed by atoms with Crippen LogP contribution in [0.4, 0.5) is 4.39 Å². The van der Waals surface area contributed by atoms with Crippen molar-refractivity contribution in [3.63, 3.8) is 0 Å². The van der Waals surface area contributed by atoms with Gasteiger partial charge in [-0.3, -0.25) is 19.2 Å². The van der Waals surface area contributed by atoms with Gasteiger partial charge < -0.3 is 24.0 Å². The highest BCUT2D eigenvalue weighted by Gasteiger charge is 2.33. The molecule has 0 saturated heterocycles. The first-order valence-electron chi connectivity index (χ1n) is 11.9. The van der Waals surface area contributed by atoms with Crippen LogP contribution in [-0.2, 0) is 24.4 Å². The summed E-state index contributed by atoms with van der Waals surface area (Å²) in [6, 6.07) is 6.77. The first kappa shape index (κ1) is 26.2. The maximum atomic E-state index is 13.7. The molecule has 1 aromatic carbocycles. The van der Waals surface area contributed by atoms with Crippen molar-refractivity contribution in [3.05, 3.63) is 79.3 Å². The van der Waals surface area contributed by atoms with E-state index in [0.29, 0.717) is 24.2 Å². The van der Waals surface area contributed by atoms with Crippen molar-refractivity contribution in [2.24, 2.45) is 0 Å². The highest BCUT2D eigenvalue weighted by Crippen LogP contribution is 2.37. The predicted molar refractivity (Wildman–Crippen MR) is 142 cm³/mol. The summed E-state index contributed by atoms with van der Waals surface area (Å²) < 4.78 is 17.6. The Labute approximate surface area is 225 Å². The van der Waals surface area contributed by atoms with Crippen LogP contribution in [0.25, 0.3) is 22.2 Å². The van der Waals surface area contributed by atoms with Crippen LogP contribution >= 0.6 is 11.6 Å². The molecule has 0 aliphatic carbocycles. The first-order chi connectivity index (χ1) is 18.5. The molecule has 0 radical (unpaired) electrons. The normalized spacial score (nSPS) is 13.2. The number of aromatic hydroxyl groups is 1. The molecule has 5 rings (SSSR count). The highest BCUT2D eigenvalue weighted by molar-refractivity contribution is 6.30. The Hall–Kier alpha value is -4.45. The minimum atomic E-state index is -0.667. The molecule has 4 aromatic rings. The monoisotopic (exact) mass is 554 g/mol. The van der Waals surface area contributed by atoms with Gasteiger partial charge in [-0.05, 0) is 23.8 Å². The number of amides is 2. The van der Waals surface area contributed by atoms with Crippen LogP contribution < -0.4 is 11.1 Å². The van der Waals surface area contributed by atoms with E-state index in [2.05, 4.69) is 5.10 Å². The smallest absolute Gasteiger partial charge is 0.280 e. The maximum absolute atomic E-state index is 13.7.